The van der Waals surface area contributed by atoms with Crippen molar-refractivity contribution in [1.82, 2.24) is 0 Å². The molecule has 4 nitrogen and oxygen atoms in total. The van der Waals surface area contributed by atoms with Crippen LogP contribution in [0.1, 0.15) is 0 Å². The SMILES string of the molecule is c1ccc(-c2ccc(N(c3ccc(-c4ccc(N(c5ccc(-c6ccccc6)cc5)c5cc6ccccc6c6c5oc5ccc7ccccc7c56)c5ccccc45)c4ccccc34)c3cc4oc5ccc6ccccc6c5c4c4ccccc34)cc2)cc1. The second kappa shape index (κ2) is 20.0. The highest BCUT2D eigenvalue weighted by atomic mass is 16.3. The van der Waals surface area contributed by atoms with Crippen molar-refractivity contribution in [2.24, 2.45) is 0 Å². The van der Waals surface area contributed by atoms with Gasteiger partial charge in [-0.05, 0) is 136 Å². The van der Waals surface area contributed by atoms with Gasteiger partial charge in [0.05, 0.1) is 22.7 Å². The Bertz CT molecular complexity index is 5810. The molecule has 0 bridgehead atoms. The summed E-state index contributed by atoms with van der Waals surface area (Å²) in [4.78, 5) is 4.87. The van der Waals surface area contributed by atoms with Crippen LogP contribution in [-0.2, 0) is 0 Å². The molecule has 410 valence electrons. The van der Waals surface area contributed by atoms with E-state index >= 15 is 0 Å². The van der Waals surface area contributed by atoms with Gasteiger partial charge in [-0.2, -0.15) is 0 Å². The Hall–Kier alpha value is -11.7. The molecule has 0 aliphatic carbocycles. The van der Waals surface area contributed by atoms with Crippen molar-refractivity contribution in [1.29, 1.82) is 0 Å². The van der Waals surface area contributed by atoms with E-state index in [9.17, 15) is 0 Å². The summed E-state index contributed by atoms with van der Waals surface area (Å²) in [5.74, 6) is 0. The van der Waals surface area contributed by atoms with Crippen LogP contribution in [0.5, 0.6) is 0 Å². The van der Waals surface area contributed by atoms with Gasteiger partial charge in [0.15, 0.2) is 5.58 Å². The average molecular weight is 1120 g/mol. The number of fused-ring (bicyclic) bond motifs is 16. The lowest BCUT2D eigenvalue weighted by Crippen LogP contribution is -2.12. The van der Waals surface area contributed by atoms with Crippen molar-refractivity contribution in [3.05, 3.63) is 315 Å². The van der Waals surface area contributed by atoms with E-state index in [4.69, 9.17) is 8.83 Å². The molecule has 2 aromatic heterocycles. The summed E-state index contributed by atoms with van der Waals surface area (Å²) >= 11 is 0. The zero-order valence-corrected chi connectivity index (χ0v) is 47.7. The summed E-state index contributed by atoms with van der Waals surface area (Å²) in [5.41, 5.74) is 16.5. The molecule has 0 fully saturated rings. The summed E-state index contributed by atoms with van der Waals surface area (Å²) in [5, 5.41) is 18.3. The number of rotatable bonds is 9. The normalized spacial score (nSPS) is 11.9. The number of hydrogen-bond donors (Lipinski definition) is 0. The topological polar surface area (TPSA) is 32.8 Å². The zero-order chi connectivity index (χ0) is 57.8. The minimum atomic E-state index is 0.840. The summed E-state index contributed by atoms with van der Waals surface area (Å²) in [6.45, 7) is 0. The summed E-state index contributed by atoms with van der Waals surface area (Å²) < 4.78 is 14.2. The average Bonchev–Trinajstić information content (AvgIpc) is 1.71. The smallest absolute Gasteiger partial charge is 0.160 e. The van der Waals surface area contributed by atoms with Crippen molar-refractivity contribution in [3.8, 4) is 33.4 Å². The molecule has 88 heavy (non-hydrogen) atoms. The zero-order valence-electron chi connectivity index (χ0n) is 47.7. The number of hydrogen-bond acceptors (Lipinski definition) is 4. The Balaban J connectivity index is 0.852. The van der Waals surface area contributed by atoms with Crippen LogP contribution in [0.2, 0.25) is 0 Å². The van der Waals surface area contributed by atoms with Crippen LogP contribution < -0.4 is 9.80 Å². The first-order chi connectivity index (χ1) is 43.7. The van der Waals surface area contributed by atoms with Gasteiger partial charge in [-0.25, -0.2) is 0 Å². The molecule has 0 unspecified atom stereocenters. The first kappa shape index (κ1) is 49.7. The molecule has 0 spiro atoms. The van der Waals surface area contributed by atoms with E-state index in [2.05, 4.69) is 325 Å². The Morgan fingerprint density at radius 1 is 0.205 bits per heavy atom. The third-order valence-corrected chi connectivity index (χ3v) is 18.2. The highest BCUT2D eigenvalue weighted by Crippen LogP contribution is 2.52. The molecule has 0 saturated heterocycles. The third-order valence-electron chi connectivity index (χ3n) is 18.2. The molecule has 4 heteroatoms. The lowest BCUT2D eigenvalue weighted by molar-refractivity contribution is 0.669. The lowest BCUT2D eigenvalue weighted by Gasteiger charge is -2.29. The predicted molar refractivity (Wildman–Crippen MR) is 372 cm³/mol. The van der Waals surface area contributed by atoms with E-state index in [0.717, 1.165) is 143 Å². The van der Waals surface area contributed by atoms with E-state index in [-0.39, 0.29) is 0 Å². The van der Waals surface area contributed by atoms with Gasteiger partial charge < -0.3 is 18.6 Å². The van der Waals surface area contributed by atoms with Crippen LogP contribution in [0.4, 0.5) is 34.1 Å². The molecule has 0 saturated carbocycles. The molecule has 0 radical (unpaired) electrons. The molecule has 0 N–H and O–H groups in total. The predicted octanol–water partition coefficient (Wildman–Crippen LogP) is 24.3. The second-order valence-electron chi connectivity index (χ2n) is 23.0. The van der Waals surface area contributed by atoms with Crippen molar-refractivity contribution in [3.63, 3.8) is 0 Å². The molecule has 0 aliphatic rings. The van der Waals surface area contributed by atoms with Gasteiger partial charge in [0.2, 0.25) is 0 Å². The van der Waals surface area contributed by atoms with Crippen molar-refractivity contribution < 1.29 is 8.83 Å². The van der Waals surface area contributed by atoms with Crippen molar-refractivity contribution in [2.45, 2.75) is 0 Å². The first-order valence-electron chi connectivity index (χ1n) is 30.1. The monoisotopic (exact) mass is 1120 g/mol. The lowest BCUT2D eigenvalue weighted by atomic mass is 9.91. The Morgan fingerprint density at radius 3 is 1.10 bits per heavy atom. The fraction of sp³-hybridized carbons (Fsp3) is 0. The van der Waals surface area contributed by atoms with Crippen LogP contribution in [-0.4, -0.2) is 0 Å². The first-order valence-corrected chi connectivity index (χ1v) is 30.1. The molecular formula is C84H52N2O2. The minimum absolute atomic E-state index is 0.840. The molecule has 18 rings (SSSR count). The van der Waals surface area contributed by atoms with Crippen LogP contribution in [0.15, 0.2) is 324 Å². The summed E-state index contributed by atoms with van der Waals surface area (Å²) in [7, 11) is 0. The van der Waals surface area contributed by atoms with E-state index in [1.807, 2.05) is 0 Å². The number of anilines is 6. The highest BCUT2D eigenvalue weighted by Gasteiger charge is 2.27. The number of benzene rings is 16. The summed E-state index contributed by atoms with van der Waals surface area (Å²) in [6, 6.07) is 114. The molecule has 0 amide bonds. The van der Waals surface area contributed by atoms with Crippen LogP contribution >= 0.6 is 0 Å². The van der Waals surface area contributed by atoms with Gasteiger partial charge in [-0.3, -0.25) is 0 Å². The maximum atomic E-state index is 7.21. The van der Waals surface area contributed by atoms with E-state index in [1.165, 1.54) is 32.7 Å². The molecule has 0 aliphatic heterocycles. The van der Waals surface area contributed by atoms with E-state index < -0.39 is 0 Å². The van der Waals surface area contributed by atoms with Crippen molar-refractivity contribution >= 4 is 143 Å². The van der Waals surface area contributed by atoms with Gasteiger partial charge in [0.25, 0.3) is 0 Å². The number of nitrogens with zero attached hydrogens (tertiary/aromatic N) is 2. The maximum absolute atomic E-state index is 7.21. The molecular weight excluding hydrogens is 1070 g/mol. The Kier molecular flexibility index (Phi) is 11.3. The van der Waals surface area contributed by atoms with Gasteiger partial charge in [-0.15, -0.1) is 0 Å². The van der Waals surface area contributed by atoms with Crippen molar-refractivity contribution in [2.75, 3.05) is 9.80 Å². The molecule has 0 atom stereocenters. The van der Waals surface area contributed by atoms with E-state index in [0.29, 0.717) is 0 Å². The van der Waals surface area contributed by atoms with Gasteiger partial charge >= 0.3 is 0 Å². The Morgan fingerprint density at radius 2 is 0.580 bits per heavy atom. The largest absolute Gasteiger partial charge is 0.456 e. The van der Waals surface area contributed by atoms with Crippen LogP contribution in [0.25, 0.3) is 142 Å². The molecule has 16 aromatic carbocycles. The number of furan rings is 2. The van der Waals surface area contributed by atoms with Crippen LogP contribution in [0.3, 0.4) is 0 Å². The van der Waals surface area contributed by atoms with Gasteiger partial charge in [0, 0.05) is 55.1 Å². The van der Waals surface area contributed by atoms with Crippen LogP contribution in [0, 0.1) is 0 Å². The van der Waals surface area contributed by atoms with Gasteiger partial charge in [-0.1, -0.05) is 255 Å². The second-order valence-corrected chi connectivity index (χ2v) is 23.0. The molecule has 18 aromatic rings. The third kappa shape index (κ3) is 7.79. The standard InChI is InChI=1S/C84H52N2O2/c1-3-19-53(20-4-1)55-35-41-60(42-36-55)85(75-52-79-82(72-34-18-17-33-71(72)75)80-62-26-10-7-23-57(62)39-49-77(80)87-79)73-47-45-67(65-29-13-15-31-69(65)73)68-46-48-74(70-32-16-14-30-66(68)70)86(61-43-37-56(38-44-61)54-21-5-2-6-22-54)76-51-59-25-9-12-28-64(59)83-81-63-27-11-8-24-58(63)40-50-78(81)88-84(76)83/h1-52H. The quantitative estimate of drug-likeness (QED) is 0.144. The maximum Gasteiger partial charge on any atom is 0.160 e. The molecule has 2 heterocycles. The Labute approximate surface area is 507 Å². The fourth-order valence-electron chi connectivity index (χ4n) is 14.2. The van der Waals surface area contributed by atoms with E-state index in [1.54, 1.807) is 0 Å². The summed E-state index contributed by atoms with van der Waals surface area (Å²) in [6.07, 6.45) is 0. The fourth-order valence-corrected chi connectivity index (χ4v) is 14.2. The minimum Gasteiger partial charge on any atom is -0.456 e. The van der Waals surface area contributed by atoms with Gasteiger partial charge in [0.1, 0.15) is 16.7 Å². The highest BCUT2D eigenvalue weighted by molar-refractivity contribution is 6.31.